The molecule has 3 rings (SSSR count). The summed E-state index contributed by atoms with van der Waals surface area (Å²) in [5.74, 6) is 0. The average molecular weight is 273 g/mol. The molecule has 2 aliphatic rings. The number of piperazine rings is 1. The third-order valence-corrected chi connectivity index (χ3v) is 4.55. The molecule has 110 valence electrons. The zero-order valence-electron chi connectivity index (χ0n) is 12.5. The lowest BCUT2D eigenvalue weighted by atomic mass is 10.1. The monoisotopic (exact) mass is 273 g/mol. The third-order valence-electron chi connectivity index (χ3n) is 4.55. The fourth-order valence-corrected chi connectivity index (χ4v) is 3.23. The van der Waals surface area contributed by atoms with Crippen molar-refractivity contribution in [2.75, 3.05) is 45.8 Å². The van der Waals surface area contributed by atoms with E-state index in [1.165, 1.54) is 63.1 Å². The lowest BCUT2D eigenvalue weighted by Crippen LogP contribution is -2.42. The second-order valence-electron chi connectivity index (χ2n) is 6.14. The predicted molar refractivity (Wildman–Crippen MR) is 84.0 cm³/mol. The number of nitrogens with zero attached hydrogens (tertiary/aromatic N) is 2. The van der Waals surface area contributed by atoms with E-state index in [-0.39, 0.29) is 0 Å². The quantitative estimate of drug-likeness (QED) is 0.881. The van der Waals surface area contributed by atoms with Crippen molar-refractivity contribution in [3.05, 3.63) is 35.4 Å². The smallest absolute Gasteiger partial charge is 0.0234 e. The molecule has 0 aliphatic carbocycles. The highest BCUT2D eigenvalue weighted by atomic mass is 15.2. The largest absolute Gasteiger partial charge is 0.314 e. The molecule has 1 aromatic carbocycles. The molecule has 0 aromatic heterocycles. The summed E-state index contributed by atoms with van der Waals surface area (Å²) in [5, 5.41) is 3.41. The first-order valence-corrected chi connectivity index (χ1v) is 8.13. The second kappa shape index (κ2) is 7.21. The maximum absolute atomic E-state index is 3.41. The van der Waals surface area contributed by atoms with Crippen LogP contribution in [0.4, 0.5) is 0 Å². The summed E-state index contributed by atoms with van der Waals surface area (Å²) in [5.41, 5.74) is 2.94. The van der Waals surface area contributed by atoms with Crippen molar-refractivity contribution >= 4 is 0 Å². The summed E-state index contributed by atoms with van der Waals surface area (Å²) in [7, 11) is 0. The van der Waals surface area contributed by atoms with Crippen molar-refractivity contribution in [1.29, 1.82) is 0 Å². The molecule has 0 saturated carbocycles. The van der Waals surface area contributed by atoms with Crippen molar-refractivity contribution in [3.63, 3.8) is 0 Å². The number of rotatable bonds is 5. The van der Waals surface area contributed by atoms with Crippen LogP contribution in [0.15, 0.2) is 24.3 Å². The molecule has 1 aromatic rings. The highest BCUT2D eigenvalue weighted by Crippen LogP contribution is 2.11. The molecule has 1 N–H and O–H groups in total. The molecule has 0 radical (unpaired) electrons. The Labute approximate surface area is 123 Å². The van der Waals surface area contributed by atoms with Crippen LogP contribution in [0.2, 0.25) is 0 Å². The maximum Gasteiger partial charge on any atom is 0.0234 e. The standard InChI is InChI=1S/C17H27N3/c1-2-11-19(10-1)12-7-16-3-5-17(6-4-16)15-20-13-8-18-9-14-20/h3-6,18H,1-2,7-15H2. The molecule has 0 spiro atoms. The van der Waals surface area contributed by atoms with E-state index in [2.05, 4.69) is 39.4 Å². The van der Waals surface area contributed by atoms with Crippen molar-refractivity contribution in [3.8, 4) is 0 Å². The fraction of sp³-hybridized carbons (Fsp3) is 0.647. The topological polar surface area (TPSA) is 18.5 Å². The Bertz CT molecular complexity index is 389. The summed E-state index contributed by atoms with van der Waals surface area (Å²) < 4.78 is 0. The van der Waals surface area contributed by atoms with E-state index in [0.29, 0.717) is 0 Å². The lowest BCUT2D eigenvalue weighted by molar-refractivity contribution is 0.233. The summed E-state index contributed by atoms with van der Waals surface area (Å²) in [4.78, 5) is 5.13. The van der Waals surface area contributed by atoms with Gasteiger partial charge in [-0.15, -0.1) is 0 Å². The molecule has 0 atom stereocenters. The Morgan fingerprint density at radius 2 is 1.45 bits per heavy atom. The normalized spacial score (nSPS) is 21.4. The molecule has 0 amide bonds. The first-order valence-electron chi connectivity index (χ1n) is 8.13. The Morgan fingerprint density at radius 1 is 0.800 bits per heavy atom. The molecule has 2 heterocycles. The maximum atomic E-state index is 3.41. The Hall–Kier alpha value is -0.900. The molecule has 20 heavy (non-hydrogen) atoms. The van der Waals surface area contributed by atoms with E-state index >= 15 is 0 Å². The van der Waals surface area contributed by atoms with Gasteiger partial charge in [0.15, 0.2) is 0 Å². The molecular weight excluding hydrogens is 246 g/mol. The molecule has 3 heteroatoms. The van der Waals surface area contributed by atoms with Crippen LogP contribution in [0.5, 0.6) is 0 Å². The van der Waals surface area contributed by atoms with Crippen LogP contribution in [-0.2, 0) is 13.0 Å². The molecule has 3 nitrogen and oxygen atoms in total. The van der Waals surface area contributed by atoms with Gasteiger partial charge < -0.3 is 10.2 Å². The highest BCUT2D eigenvalue weighted by Gasteiger charge is 2.11. The number of nitrogens with one attached hydrogen (secondary N) is 1. The van der Waals surface area contributed by atoms with Gasteiger partial charge in [0.1, 0.15) is 0 Å². The minimum absolute atomic E-state index is 1.11. The van der Waals surface area contributed by atoms with Gasteiger partial charge in [0.2, 0.25) is 0 Å². The minimum atomic E-state index is 1.11. The van der Waals surface area contributed by atoms with E-state index in [9.17, 15) is 0 Å². The van der Waals surface area contributed by atoms with E-state index in [1.807, 2.05) is 0 Å². The predicted octanol–water partition coefficient (Wildman–Crippen LogP) is 1.73. The Kier molecular flexibility index (Phi) is 5.06. The van der Waals surface area contributed by atoms with Gasteiger partial charge in [-0.1, -0.05) is 24.3 Å². The summed E-state index contributed by atoms with van der Waals surface area (Å²) >= 11 is 0. The van der Waals surface area contributed by atoms with Crippen molar-refractivity contribution in [2.24, 2.45) is 0 Å². The first-order chi connectivity index (χ1) is 9.90. The summed E-state index contributed by atoms with van der Waals surface area (Å²) in [6.45, 7) is 9.57. The SMILES string of the molecule is c1cc(CN2CCNCC2)ccc1CCN1CCCC1. The van der Waals surface area contributed by atoms with Crippen molar-refractivity contribution in [2.45, 2.75) is 25.8 Å². The fourth-order valence-electron chi connectivity index (χ4n) is 3.23. The van der Waals surface area contributed by atoms with Gasteiger partial charge >= 0.3 is 0 Å². The van der Waals surface area contributed by atoms with Gasteiger partial charge in [-0.05, 0) is 43.5 Å². The third kappa shape index (κ3) is 4.05. The number of hydrogen-bond donors (Lipinski definition) is 1. The molecule has 2 fully saturated rings. The lowest BCUT2D eigenvalue weighted by Gasteiger charge is -2.27. The van der Waals surface area contributed by atoms with Crippen molar-refractivity contribution in [1.82, 2.24) is 15.1 Å². The van der Waals surface area contributed by atoms with E-state index in [0.717, 1.165) is 19.6 Å². The molecule has 0 bridgehead atoms. The summed E-state index contributed by atoms with van der Waals surface area (Å²) in [6, 6.07) is 9.30. The van der Waals surface area contributed by atoms with Crippen molar-refractivity contribution < 1.29 is 0 Å². The van der Waals surface area contributed by atoms with Crippen LogP contribution in [0.25, 0.3) is 0 Å². The zero-order chi connectivity index (χ0) is 13.6. The minimum Gasteiger partial charge on any atom is -0.314 e. The molecule has 0 unspecified atom stereocenters. The molecular formula is C17H27N3. The van der Waals surface area contributed by atoms with Crippen LogP contribution in [0, 0.1) is 0 Å². The van der Waals surface area contributed by atoms with Gasteiger partial charge in [0.05, 0.1) is 0 Å². The van der Waals surface area contributed by atoms with Gasteiger partial charge in [-0.3, -0.25) is 4.90 Å². The van der Waals surface area contributed by atoms with Crippen LogP contribution in [-0.4, -0.2) is 55.6 Å². The number of benzene rings is 1. The Balaban J connectivity index is 1.46. The molecule has 2 saturated heterocycles. The first kappa shape index (κ1) is 14.1. The van der Waals surface area contributed by atoms with E-state index < -0.39 is 0 Å². The highest BCUT2D eigenvalue weighted by molar-refractivity contribution is 5.22. The zero-order valence-corrected chi connectivity index (χ0v) is 12.5. The van der Waals surface area contributed by atoms with Crippen LogP contribution < -0.4 is 5.32 Å². The molecule has 2 aliphatic heterocycles. The van der Waals surface area contributed by atoms with E-state index in [1.54, 1.807) is 0 Å². The number of hydrogen-bond acceptors (Lipinski definition) is 3. The van der Waals surface area contributed by atoms with Gasteiger partial charge in [0.25, 0.3) is 0 Å². The van der Waals surface area contributed by atoms with Crippen LogP contribution in [0.1, 0.15) is 24.0 Å². The Morgan fingerprint density at radius 3 is 2.15 bits per heavy atom. The van der Waals surface area contributed by atoms with Crippen LogP contribution >= 0.6 is 0 Å². The van der Waals surface area contributed by atoms with Gasteiger partial charge in [-0.2, -0.15) is 0 Å². The van der Waals surface area contributed by atoms with Gasteiger partial charge in [-0.25, -0.2) is 0 Å². The van der Waals surface area contributed by atoms with Gasteiger partial charge in [0, 0.05) is 39.3 Å². The average Bonchev–Trinajstić information content (AvgIpc) is 3.01. The second-order valence-corrected chi connectivity index (χ2v) is 6.14. The number of likely N-dealkylation sites (tertiary alicyclic amines) is 1. The van der Waals surface area contributed by atoms with E-state index in [4.69, 9.17) is 0 Å². The van der Waals surface area contributed by atoms with Crippen LogP contribution in [0.3, 0.4) is 0 Å². The summed E-state index contributed by atoms with van der Waals surface area (Å²) in [6.07, 6.45) is 3.99.